The van der Waals surface area contributed by atoms with E-state index < -0.39 is 0 Å². The Morgan fingerprint density at radius 3 is 2.52 bits per heavy atom. The van der Waals surface area contributed by atoms with Gasteiger partial charge in [-0.3, -0.25) is 0 Å². The summed E-state index contributed by atoms with van der Waals surface area (Å²) in [5.41, 5.74) is 1.05. The highest BCUT2D eigenvalue weighted by molar-refractivity contribution is 9.10. The molecule has 112 valence electrons. The highest BCUT2D eigenvalue weighted by Crippen LogP contribution is 2.33. The minimum atomic E-state index is 0.419. The largest absolute Gasteiger partial charge is 0.456 e. The Labute approximate surface area is 143 Å². The number of hydrogen-bond acceptors (Lipinski definition) is 2. The van der Waals surface area contributed by atoms with Gasteiger partial charge in [0.15, 0.2) is 0 Å². The summed E-state index contributed by atoms with van der Waals surface area (Å²) < 4.78 is 6.62. The first-order valence-electron chi connectivity index (χ1n) is 6.60. The second-order valence-corrected chi connectivity index (χ2v) is 6.66. The number of hydrogen-bond donors (Lipinski definition) is 1. The molecule has 0 aliphatic carbocycles. The Hall–Kier alpha value is -0.740. The fourth-order valence-electron chi connectivity index (χ4n) is 1.73. The van der Waals surface area contributed by atoms with Crippen LogP contribution in [0.25, 0.3) is 0 Å². The SMILES string of the molecule is CC(C)NCc1ccc(Oc2ccc(Cl)cc2Br)cc1Cl. The van der Waals surface area contributed by atoms with Gasteiger partial charge in [0.2, 0.25) is 0 Å². The van der Waals surface area contributed by atoms with Crippen LogP contribution < -0.4 is 10.1 Å². The van der Waals surface area contributed by atoms with E-state index in [1.165, 1.54) is 0 Å². The van der Waals surface area contributed by atoms with Crippen molar-refractivity contribution in [2.75, 3.05) is 0 Å². The minimum Gasteiger partial charge on any atom is -0.456 e. The summed E-state index contributed by atoms with van der Waals surface area (Å²) in [6.07, 6.45) is 0. The first kappa shape index (κ1) is 16.6. The van der Waals surface area contributed by atoms with Crippen LogP contribution in [0.5, 0.6) is 11.5 Å². The van der Waals surface area contributed by atoms with Gasteiger partial charge in [-0.25, -0.2) is 0 Å². The van der Waals surface area contributed by atoms with Crippen molar-refractivity contribution in [2.45, 2.75) is 26.4 Å². The van der Waals surface area contributed by atoms with Crippen LogP contribution in [0, 0.1) is 0 Å². The van der Waals surface area contributed by atoms with E-state index in [-0.39, 0.29) is 0 Å². The Morgan fingerprint density at radius 1 is 1.14 bits per heavy atom. The summed E-state index contributed by atoms with van der Waals surface area (Å²) in [7, 11) is 0. The molecule has 0 aliphatic heterocycles. The molecule has 5 heteroatoms. The van der Waals surface area contributed by atoms with Crippen LogP contribution in [0.15, 0.2) is 40.9 Å². The van der Waals surface area contributed by atoms with E-state index >= 15 is 0 Å². The second-order valence-electron chi connectivity index (χ2n) is 4.97. The predicted molar refractivity (Wildman–Crippen MR) is 92.7 cm³/mol. The molecule has 0 unspecified atom stereocenters. The summed E-state index contributed by atoms with van der Waals surface area (Å²) in [5.74, 6) is 1.39. The van der Waals surface area contributed by atoms with Crippen molar-refractivity contribution in [1.29, 1.82) is 0 Å². The molecule has 0 amide bonds. The monoisotopic (exact) mass is 387 g/mol. The number of benzene rings is 2. The average molecular weight is 389 g/mol. The van der Waals surface area contributed by atoms with Crippen molar-refractivity contribution in [1.82, 2.24) is 5.32 Å². The lowest BCUT2D eigenvalue weighted by atomic mass is 10.2. The average Bonchev–Trinajstić information content (AvgIpc) is 2.41. The lowest BCUT2D eigenvalue weighted by molar-refractivity contribution is 0.479. The maximum atomic E-state index is 6.29. The Balaban J connectivity index is 2.12. The molecule has 0 heterocycles. The molecule has 0 aromatic heterocycles. The lowest BCUT2D eigenvalue weighted by Gasteiger charge is -2.12. The summed E-state index contributed by atoms with van der Waals surface area (Å²) in [4.78, 5) is 0. The van der Waals surface area contributed by atoms with Crippen LogP contribution in [0.3, 0.4) is 0 Å². The Kier molecular flexibility index (Phi) is 5.94. The third-order valence-corrected chi connectivity index (χ3v) is 4.05. The maximum Gasteiger partial charge on any atom is 0.141 e. The molecule has 2 aromatic rings. The molecule has 0 atom stereocenters. The normalized spacial score (nSPS) is 11.0. The molecule has 0 aliphatic rings. The zero-order valence-corrected chi connectivity index (χ0v) is 14.9. The van der Waals surface area contributed by atoms with Gasteiger partial charge in [-0.15, -0.1) is 0 Å². The highest BCUT2D eigenvalue weighted by atomic mass is 79.9. The summed E-state index contributed by atoms with van der Waals surface area (Å²) in [5, 5.41) is 4.68. The fraction of sp³-hybridized carbons (Fsp3) is 0.250. The molecule has 2 nitrogen and oxygen atoms in total. The zero-order valence-electron chi connectivity index (χ0n) is 11.8. The number of halogens is 3. The van der Waals surface area contributed by atoms with E-state index in [1.54, 1.807) is 12.1 Å². The number of nitrogens with one attached hydrogen (secondary N) is 1. The fourth-order valence-corrected chi connectivity index (χ4v) is 2.73. The van der Waals surface area contributed by atoms with Crippen molar-refractivity contribution in [2.24, 2.45) is 0 Å². The summed E-state index contributed by atoms with van der Waals surface area (Å²) >= 11 is 15.6. The molecule has 1 N–H and O–H groups in total. The van der Waals surface area contributed by atoms with Gasteiger partial charge < -0.3 is 10.1 Å². The zero-order chi connectivity index (χ0) is 15.4. The van der Waals surface area contributed by atoms with E-state index in [0.29, 0.717) is 27.6 Å². The van der Waals surface area contributed by atoms with Gasteiger partial charge in [0, 0.05) is 22.6 Å². The van der Waals surface area contributed by atoms with Crippen LogP contribution in [-0.2, 0) is 6.54 Å². The molecule has 0 saturated heterocycles. The van der Waals surface area contributed by atoms with Crippen molar-refractivity contribution in [3.05, 3.63) is 56.5 Å². The molecule has 21 heavy (non-hydrogen) atoms. The van der Waals surface area contributed by atoms with Crippen molar-refractivity contribution >= 4 is 39.1 Å². The molecular weight excluding hydrogens is 373 g/mol. The summed E-state index contributed by atoms with van der Waals surface area (Å²) in [6, 6.07) is 11.5. The topological polar surface area (TPSA) is 21.3 Å². The van der Waals surface area contributed by atoms with Crippen LogP contribution in [-0.4, -0.2) is 6.04 Å². The Morgan fingerprint density at radius 2 is 1.90 bits per heavy atom. The Bertz CT molecular complexity index is 632. The van der Waals surface area contributed by atoms with E-state index in [9.17, 15) is 0 Å². The second kappa shape index (κ2) is 7.50. The third-order valence-electron chi connectivity index (χ3n) is 2.85. The minimum absolute atomic E-state index is 0.419. The molecule has 0 saturated carbocycles. The molecule has 2 rings (SSSR count). The smallest absolute Gasteiger partial charge is 0.141 e. The predicted octanol–water partition coefficient (Wildman–Crippen LogP) is 6.05. The van der Waals surface area contributed by atoms with Crippen LogP contribution in [0.1, 0.15) is 19.4 Å². The van der Waals surface area contributed by atoms with Crippen LogP contribution in [0.2, 0.25) is 10.0 Å². The number of rotatable bonds is 5. The van der Waals surface area contributed by atoms with Crippen molar-refractivity contribution in [3.8, 4) is 11.5 Å². The molecular formula is C16H16BrCl2NO. The van der Waals surface area contributed by atoms with Gasteiger partial charge >= 0.3 is 0 Å². The van der Waals surface area contributed by atoms with E-state index in [2.05, 4.69) is 35.1 Å². The van der Waals surface area contributed by atoms with E-state index in [0.717, 1.165) is 16.6 Å². The van der Waals surface area contributed by atoms with Crippen LogP contribution >= 0.6 is 39.1 Å². The first-order chi connectivity index (χ1) is 9.95. The van der Waals surface area contributed by atoms with Gasteiger partial charge in [0.05, 0.1) is 4.47 Å². The molecule has 0 bridgehead atoms. The van der Waals surface area contributed by atoms with Crippen molar-refractivity contribution in [3.63, 3.8) is 0 Å². The van der Waals surface area contributed by atoms with Crippen LogP contribution in [0.4, 0.5) is 0 Å². The molecule has 0 radical (unpaired) electrons. The maximum absolute atomic E-state index is 6.29. The van der Waals surface area contributed by atoms with Gasteiger partial charge in [-0.1, -0.05) is 43.1 Å². The van der Waals surface area contributed by atoms with Gasteiger partial charge in [-0.2, -0.15) is 0 Å². The number of ether oxygens (including phenoxy) is 1. The first-order valence-corrected chi connectivity index (χ1v) is 8.15. The molecule has 2 aromatic carbocycles. The van der Waals surface area contributed by atoms with Crippen molar-refractivity contribution < 1.29 is 4.74 Å². The van der Waals surface area contributed by atoms with E-state index in [1.807, 2.05) is 24.3 Å². The highest BCUT2D eigenvalue weighted by Gasteiger charge is 2.07. The van der Waals surface area contributed by atoms with Gasteiger partial charge in [0.1, 0.15) is 11.5 Å². The van der Waals surface area contributed by atoms with Gasteiger partial charge in [-0.05, 0) is 51.8 Å². The lowest BCUT2D eigenvalue weighted by Crippen LogP contribution is -2.21. The molecule has 0 fully saturated rings. The van der Waals surface area contributed by atoms with E-state index in [4.69, 9.17) is 27.9 Å². The quantitative estimate of drug-likeness (QED) is 0.673. The standard InChI is InChI=1S/C16H16BrCl2NO/c1-10(2)20-9-11-3-5-13(8-15(11)19)21-16-6-4-12(18)7-14(16)17/h3-8,10,20H,9H2,1-2H3. The molecule has 0 spiro atoms. The summed E-state index contributed by atoms with van der Waals surface area (Å²) in [6.45, 7) is 4.94. The third kappa shape index (κ3) is 4.89. The van der Waals surface area contributed by atoms with Gasteiger partial charge in [0.25, 0.3) is 0 Å².